The van der Waals surface area contributed by atoms with Crippen molar-refractivity contribution in [3.63, 3.8) is 0 Å². The molecule has 3 nitrogen and oxygen atoms in total. The zero-order chi connectivity index (χ0) is 14.6. The summed E-state index contributed by atoms with van der Waals surface area (Å²) in [5, 5.41) is 22.6. The van der Waals surface area contributed by atoms with Gasteiger partial charge < -0.3 is 15.5 Å². The Morgan fingerprint density at radius 2 is 1.58 bits per heavy atom. The Bertz CT molecular complexity index is 379. The lowest BCUT2D eigenvalue weighted by molar-refractivity contribution is 0.121. The third kappa shape index (κ3) is 4.94. The van der Waals surface area contributed by atoms with Crippen LogP contribution in [0.4, 0.5) is 0 Å². The van der Waals surface area contributed by atoms with Crippen LogP contribution in [0.15, 0.2) is 24.3 Å². The van der Waals surface area contributed by atoms with Crippen molar-refractivity contribution in [1.29, 1.82) is 0 Å². The van der Waals surface area contributed by atoms with E-state index in [0.717, 1.165) is 5.56 Å². The molecule has 0 fully saturated rings. The van der Waals surface area contributed by atoms with E-state index in [4.69, 9.17) is 0 Å². The van der Waals surface area contributed by atoms with E-state index in [1.54, 1.807) is 6.92 Å². The molecule has 0 spiro atoms. The van der Waals surface area contributed by atoms with Crippen LogP contribution in [0.5, 0.6) is 0 Å². The van der Waals surface area contributed by atoms with Gasteiger partial charge in [0, 0.05) is 12.6 Å². The molecule has 3 atom stereocenters. The van der Waals surface area contributed by atoms with Gasteiger partial charge in [-0.1, -0.05) is 45.0 Å². The van der Waals surface area contributed by atoms with Gasteiger partial charge in [-0.3, -0.25) is 0 Å². The molecule has 0 saturated carbocycles. The Hall–Kier alpha value is -0.900. The Morgan fingerprint density at radius 1 is 1.05 bits per heavy atom. The van der Waals surface area contributed by atoms with Crippen molar-refractivity contribution in [2.24, 2.45) is 0 Å². The highest BCUT2D eigenvalue weighted by Crippen LogP contribution is 2.24. The minimum Gasteiger partial charge on any atom is -0.392 e. The van der Waals surface area contributed by atoms with Crippen LogP contribution >= 0.6 is 0 Å². The van der Waals surface area contributed by atoms with Crippen molar-refractivity contribution in [1.82, 2.24) is 5.32 Å². The van der Waals surface area contributed by atoms with E-state index in [1.165, 1.54) is 5.56 Å². The van der Waals surface area contributed by atoms with Crippen LogP contribution in [0.1, 0.15) is 51.8 Å². The maximum Gasteiger partial charge on any atom is 0.0940 e. The second-order valence-corrected chi connectivity index (χ2v) is 6.36. The molecular formula is C16H27NO2. The first-order chi connectivity index (χ1) is 8.71. The van der Waals surface area contributed by atoms with Crippen LogP contribution in [-0.2, 0) is 5.41 Å². The molecule has 0 aliphatic rings. The summed E-state index contributed by atoms with van der Waals surface area (Å²) in [6.45, 7) is 10.6. The molecular weight excluding hydrogens is 238 g/mol. The summed E-state index contributed by atoms with van der Waals surface area (Å²) in [7, 11) is 0. The standard InChI is InChI=1S/C16H27NO2/c1-11(18)10-17-12(2)15(19)13-6-8-14(9-7-13)16(3,4)5/h6-9,11-12,15,17-19H,10H2,1-5H3. The van der Waals surface area contributed by atoms with Crippen LogP contribution in [0.25, 0.3) is 0 Å². The fourth-order valence-electron chi connectivity index (χ4n) is 1.94. The molecule has 1 aromatic carbocycles. The van der Waals surface area contributed by atoms with Crippen LogP contribution in [0.2, 0.25) is 0 Å². The van der Waals surface area contributed by atoms with E-state index in [2.05, 4.69) is 38.2 Å². The van der Waals surface area contributed by atoms with E-state index >= 15 is 0 Å². The molecule has 0 radical (unpaired) electrons. The number of aliphatic hydroxyl groups is 2. The third-order valence-electron chi connectivity index (χ3n) is 3.33. The largest absolute Gasteiger partial charge is 0.392 e. The fourth-order valence-corrected chi connectivity index (χ4v) is 1.94. The molecule has 0 saturated heterocycles. The molecule has 0 aliphatic carbocycles. The van der Waals surface area contributed by atoms with Gasteiger partial charge in [-0.15, -0.1) is 0 Å². The quantitative estimate of drug-likeness (QED) is 0.766. The maximum absolute atomic E-state index is 10.3. The zero-order valence-electron chi connectivity index (χ0n) is 12.6. The predicted octanol–water partition coefficient (Wildman–Crippen LogP) is 2.38. The highest BCUT2D eigenvalue weighted by atomic mass is 16.3. The van der Waals surface area contributed by atoms with Crippen molar-refractivity contribution >= 4 is 0 Å². The SMILES string of the molecule is CC(O)CNC(C)C(O)c1ccc(C(C)(C)C)cc1. The summed E-state index contributed by atoms with van der Waals surface area (Å²) < 4.78 is 0. The average molecular weight is 265 g/mol. The number of rotatable bonds is 5. The van der Waals surface area contributed by atoms with Gasteiger partial charge in [0.2, 0.25) is 0 Å². The van der Waals surface area contributed by atoms with Gasteiger partial charge in [0.05, 0.1) is 12.2 Å². The van der Waals surface area contributed by atoms with E-state index in [-0.39, 0.29) is 11.5 Å². The number of hydrogen-bond donors (Lipinski definition) is 3. The van der Waals surface area contributed by atoms with Gasteiger partial charge in [-0.05, 0) is 30.4 Å². The molecule has 3 heteroatoms. The van der Waals surface area contributed by atoms with Gasteiger partial charge in [0.15, 0.2) is 0 Å². The zero-order valence-corrected chi connectivity index (χ0v) is 12.6. The third-order valence-corrected chi connectivity index (χ3v) is 3.33. The first kappa shape index (κ1) is 16.2. The first-order valence-corrected chi connectivity index (χ1v) is 6.91. The van der Waals surface area contributed by atoms with Gasteiger partial charge in [0.25, 0.3) is 0 Å². The Kier molecular flexibility index (Phi) is 5.53. The summed E-state index contributed by atoms with van der Waals surface area (Å²) in [4.78, 5) is 0. The van der Waals surface area contributed by atoms with Gasteiger partial charge in [-0.25, -0.2) is 0 Å². The highest BCUT2D eigenvalue weighted by Gasteiger charge is 2.18. The molecule has 1 aromatic rings. The molecule has 0 aliphatic heterocycles. The van der Waals surface area contributed by atoms with Gasteiger partial charge in [0.1, 0.15) is 0 Å². The van der Waals surface area contributed by atoms with Crippen molar-refractivity contribution in [3.05, 3.63) is 35.4 Å². The summed E-state index contributed by atoms with van der Waals surface area (Å²) in [6.07, 6.45) is -0.967. The molecule has 19 heavy (non-hydrogen) atoms. The van der Waals surface area contributed by atoms with Crippen molar-refractivity contribution < 1.29 is 10.2 Å². The molecule has 0 bridgehead atoms. The number of nitrogens with one attached hydrogen (secondary N) is 1. The first-order valence-electron chi connectivity index (χ1n) is 6.91. The molecule has 108 valence electrons. The fraction of sp³-hybridized carbons (Fsp3) is 0.625. The summed E-state index contributed by atoms with van der Waals surface area (Å²) in [5.74, 6) is 0. The van der Waals surface area contributed by atoms with E-state index < -0.39 is 12.2 Å². The lowest BCUT2D eigenvalue weighted by atomic mass is 9.86. The molecule has 3 unspecified atom stereocenters. The average Bonchev–Trinajstić information content (AvgIpc) is 2.34. The Labute approximate surface area is 116 Å². The van der Waals surface area contributed by atoms with Crippen LogP contribution in [-0.4, -0.2) is 28.9 Å². The molecule has 0 heterocycles. The second-order valence-electron chi connectivity index (χ2n) is 6.36. The van der Waals surface area contributed by atoms with Crippen molar-refractivity contribution in [2.45, 2.75) is 58.3 Å². The second kappa shape index (κ2) is 6.51. The van der Waals surface area contributed by atoms with Gasteiger partial charge >= 0.3 is 0 Å². The normalized spacial score (nSPS) is 17.0. The predicted molar refractivity (Wildman–Crippen MR) is 79.2 cm³/mol. The lowest BCUT2D eigenvalue weighted by Gasteiger charge is -2.23. The van der Waals surface area contributed by atoms with E-state index in [9.17, 15) is 10.2 Å². The Morgan fingerprint density at radius 3 is 2.00 bits per heavy atom. The number of aliphatic hydroxyl groups excluding tert-OH is 2. The van der Waals surface area contributed by atoms with Crippen molar-refractivity contribution in [2.75, 3.05) is 6.54 Å². The summed E-state index contributed by atoms with van der Waals surface area (Å²) in [5.41, 5.74) is 2.28. The molecule has 0 aromatic heterocycles. The smallest absolute Gasteiger partial charge is 0.0940 e. The topological polar surface area (TPSA) is 52.5 Å². The highest BCUT2D eigenvalue weighted by molar-refractivity contribution is 5.29. The Balaban J connectivity index is 2.69. The lowest BCUT2D eigenvalue weighted by Crippen LogP contribution is -2.36. The number of benzene rings is 1. The van der Waals surface area contributed by atoms with Crippen LogP contribution in [0, 0.1) is 0 Å². The minimum absolute atomic E-state index is 0.0879. The minimum atomic E-state index is -0.562. The maximum atomic E-state index is 10.3. The van der Waals surface area contributed by atoms with Crippen molar-refractivity contribution in [3.8, 4) is 0 Å². The van der Waals surface area contributed by atoms with E-state index in [0.29, 0.717) is 6.54 Å². The molecule has 3 N–H and O–H groups in total. The summed E-state index contributed by atoms with van der Waals surface area (Å²) >= 11 is 0. The molecule has 1 rings (SSSR count). The monoisotopic (exact) mass is 265 g/mol. The van der Waals surface area contributed by atoms with E-state index in [1.807, 2.05) is 19.1 Å². The van der Waals surface area contributed by atoms with Crippen LogP contribution < -0.4 is 5.32 Å². The van der Waals surface area contributed by atoms with Crippen LogP contribution in [0.3, 0.4) is 0 Å². The number of hydrogen-bond acceptors (Lipinski definition) is 3. The molecule has 0 amide bonds. The summed E-state index contributed by atoms with van der Waals surface area (Å²) in [6, 6.07) is 8.01. The van der Waals surface area contributed by atoms with Gasteiger partial charge in [-0.2, -0.15) is 0 Å².